The Kier molecular flexibility index (Phi) is 6.04. The monoisotopic (exact) mass is 380 g/mol. The highest BCUT2D eigenvalue weighted by Gasteiger charge is 2.13. The predicted molar refractivity (Wildman–Crippen MR) is 108 cm³/mol. The number of nitrogens with one attached hydrogen (secondary N) is 1. The molecule has 1 amide bonds. The molecule has 0 unspecified atom stereocenters. The van der Waals surface area contributed by atoms with E-state index < -0.39 is 0 Å². The van der Waals surface area contributed by atoms with Gasteiger partial charge in [0.1, 0.15) is 0 Å². The van der Waals surface area contributed by atoms with Crippen LogP contribution >= 0.6 is 11.6 Å². The highest BCUT2D eigenvalue weighted by Crippen LogP contribution is 2.17. The molecule has 1 N–H and O–H groups in total. The molecular weight excluding hydrogens is 360 g/mol. The van der Waals surface area contributed by atoms with Gasteiger partial charge in [0, 0.05) is 29.5 Å². The van der Waals surface area contributed by atoms with Crippen molar-refractivity contribution in [2.45, 2.75) is 20.3 Å². The molecule has 0 aliphatic heterocycles. The Morgan fingerprint density at radius 1 is 1.19 bits per heavy atom. The van der Waals surface area contributed by atoms with Gasteiger partial charge in [0.05, 0.1) is 5.69 Å². The van der Waals surface area contributed by atoms with Gasteiger partial charge in [-0.1, -0.05) is 29.8 Å². The van der Waals surface area contributed by atoms with Crippen molar-refractivity contribution in [3.05, 3.63) is 82.3 Å². The van der Waals surface area contributed by atoms with Crippen LogP contribution in [0.1, 0.15) is 22.5 Å². The van der Waals surface area contributed by atoms with Gasteiger partial charge in [0.2, 0.25) is 5.91 Å². The van der Waals surface area contributed by atoms with E-state index in [2.05, 4.69) is 15.4 Å². The molecule has 0 bridgehead atoms. The Labute approximate surface area is 163 Å². The Bertz CT molecular complexity index is 946. The topological polar surface area (TPSA) is 59.8 Å². The van der Waals surface area contributed by atoms with Crippen molar-refractivity contribution < 1.29 is 4.79 Å². The molecule has 0 aliphatic rings. The Morgan fingerprint density at radius 2 is 1.96 bits per heavy atom. The molecule has 0 fully saturated rings. The Morgan fingerprint density at radius 3 is 2.67 bits per heavy atom. The minimum Gasteiger partial charge on any atom is -0.352 e. The van der Waals surface area contributed by atoms with Crippen molar-refractivity contribution in [1.82, 2.24) is 20.1 Å². The molecule has 0 spiro atoms. The standard InChI is InChI=1S/C21H21ClN4O/c1-15-19(16(2)26(25-15)20-5-3-4-13-23-20)12-14-24-21(27)11-8-17-6-9-18(22)10-7-17/h3-11,13H,12,14H2,1-2H3,(H,24,27)/b11-8+. The van der Waals surface area contributed by atoms with Gasteiger partial charge in [0.15, 0.2) is 5.82 Å². The number of aromatic nitrogens is 3. The van der Waals surface area contributed by atoms with Crippen molar-refractivity contribution in [2.75, 3.05) is 6.54 Å². The van der Waals surface area contributed by atoms with Crippen molar-refractivity contribution in [3.63, 3.8) is 0 Å². The normalized spacial score (nSPS) is 11.1. The van der Waals surface area contributed by atoms with Crippen LogP contribution in [0, 0.1) is 13.8 Å². The van der Waals surface area contributed by atoms with Crippen molar-refractivity contribution in [3.8, 4) is 5.82 Å². The summed E-state index contributed by atoms with van der Waals surface area (Å²) in [4.78, 5) is 16.4. The summed E-state index contributed by atoms with van der Waals surface area (Å²) >= 11 is 5.85. The molecule has 138 valence electrons. The number of pyridine rings is 1. The number of hydrogen-bond donors (Lipinski definition) is 1. The van der Waals surface area contributed by atoms with Crippen LogP contribution in [0.15, 0.2) is 54.7 Å². The first-order valence-electron chi connectivity index (χ1n) is 8.72. The maximum Gasteiger partial charge on any atom is 0.244 e. The third-order valence-corrected chi connectivity index (χ3v) is 4.53. The minimum atomic E-state index is -0.127. The zero-order valence-electron chi connectivity index (χ0n) is 15.3. The van der Waals surface area contributed by atoms with Crippen LogP contribution in [0.5, 0.6) is 0 Å². The fourth-order valence-corrected chi connectivity index (χ4v) is 2.98. The van der Waals surface area contributed by atoms with Crippen molar-refractivity contribution >= 4 is 23.6 Å². The largest absolute Gasteiger partial charge is 0.352 e. The van der Waals surface area contributed by atoms with Crippen LogP contribution in [0.25, 0.3) is 11.9 Å². The number of hydrogen-bond acceptors (Lipinski definition) is 3. The Hall–Kier alpha value is -2.92. The molecule has 0 aliphatic carbocycles. The van der Waals surface area contributed by atoms with E-state index >= 15 is 0 Å². The third-order valence-electron chi connectivity index (χ3n) is 4.28. The molecule has 6 heteroatoms. The fraction of sp³-hybridized carbons (Fsp3) is 0.190. The van der Waals surface area contributed by atoms with Crippen molar-refractivity contribution in [1.29, 1.82) is 0 Å². The van der Waals surface area contributed by atoms with Crippen molar-refractivity contribution in [2.24, 2.45) is 0 Å². The predicted octanol–water partition coefficient (Wildman–Crippen LogP) is 3.91. The molecular formula is C21H21ClN4O. The van der Waals surface area contributed by atoms with Gasteiger partial charge < -0.3 is 5.32 Å². The van der Waals surface area contributed by atoms with Gasteiger partial charge in [0.25, 0.3) is 0 Å². The Balaban J connectivity index is 1.58. The summed E-state index contributed by atoms with van der Waals surface area (Å²) in [6.07, 6.45) is 5.76. The quantitative estimate of drug-likeness (QED) is 0.659. The van der Waals surface area contributed by atoms with Crippen LogP contribution in [0.3, 0.4) is 0 Å². The zero-order chi connectivity index (χ0) is 19.2. The summed E-state index contributed by atoms with van der Waals surface area (Å²) < 4.78 is 1.84. The maximum atomic E-state index is 12.0. The van der Waals surface area contributed by atoms with E-state index in [0.717, 1.165) is 28.3 Å². The van der Waals surface area contributed by atoms with E-state index in [1.807, 2.05) is 48.9 Å². The van der Waals surface area contributed by atoms with E-state index in [9.17, 15) is 4.79 Å². The lowest BCUT2D eigenvalue weighted by Gasteiger charge is -2.05. The second kappa shape index (κ2) is 8.64. The fourth-order valence-electron chi connectivity index (χ4n) is 2.85. The highest BCUT2D eigenvalue weighted by atomic mass is 35.5. The van der Waals surface area contributed by atoms with Crippen LogP contribution in [-0.2, 0) is 11.2 Å². The average molecular weight is 381 g/mol. The van der Waals surface area contributed by atoms with E-state index in [1.54, 1.807) is 24.4 Å². The first-order chi connectivity index (χ1) is 13.0. The van der Waals surface area contributed by atoms with Crippen LogP contribution in [0.2, 0.25) is 5.02 Å². The van der Waals surface area contributed by atoms with Gasteiger partial charge >= 0.3 is 0 Å². The molecule has 3 aromatic rings. The lowest BCUT2D eigenvalue weighted by molar-refractivity contribution is -0.116. The molecule has 0 atom stereocenters. The molecule has 0 radical (unpaired) electrons. The van der Waals surface area contributed by atoms with Crippen LogP contribution in [0.4, 0.5) is 0 Å². The van der Waals surface area contributed by atoms with E-state index in [1.165, 1.54) is 6.08 Å². The maximum absolute atomic E-state index is 12.0. The van der Waals surface area contributed by atoms with E-state index in [0.29, 0.717) is 18.0 Å². The summed E-state index contributed by atoms with van der Waals surface area (Å²) in [5.41, 5.74) is 4.04. The molecule has 5 nitrogen and oxygen atoms in total. The van der Waals surface area contributed by atoms with Gasteiger partial charge in [-0.25, -0.2) is 9.67 Å². The number of amides is 1. The highest BCUT2D eigenvalue weighted by molar-refractivity contribution is 6.30. The van der Waals surface area contributed by atoms with Gasteiger partial charge in [-0.2, -0.15) is 5.10 Å². The number of halogens is 1. The van der Waals surface area contributed by atoms with E-state index in [-0.39, 0.29) is 5.91 Å². The van der Waals surface area contributed by atoms with Gasteiger partial charge in [-0.05, 0) is 61.7 Å². The summed E-state index contributed by atoms with van der Waals surface area (Å²) in [5.74, 6) is 0.664. The molecule has 2 heterocycles. The lowest BCUT2D eigenvalue weighted by Crippen LogP contribution is -2.23. The number of carbonyl (C=O) groups excluding carboxylic acids is 1. The number of carbonyl (C=O) groups is 1. The number of benzene rings is 1. The number of aryl methyl sites for hydroxylation is 1. The first kappa shape index (κ1) is 18.9. The van der Waals surface area contributed by atoms with Gasteiger partial charge in [-0.3, -0.25) is 4.79 Å². The van der Waals surface area contributed by atoms with Crippen LogP contribution in [-0.4, -0.2) is 27.2 Å². The molecule has 0 saturated heterocycles. The molecule has 1 aromatic carbocycles. The molecule has 3 rings (SSSR count). The number of nitrogens with zero attached hydrogens (tertiary/aromatic N) is 3. The SMILES string of the molecule is Cc1nn(-c2ccccn2)c(C)c1CCNC(=O)/C=C/c1ccc(Cl)cc1. The third kappa shape index (κ3) is 4.83. The number of rotatable bonds is 6. The molecule has 2 aromatic heterocycles. The van der Waals surface area contributed by atoms with Crippen LogP contribution < -0.4 is 5.32 Å². The summed E-state index contributed by atoms with van der Waals surface area (Å²) in [7, 11) is 0. The summed E-state index contributed by atoms with van der Waals surface area (Å²) in [6, 6.07) is 13.1. The molecule has 0 saturated carbocycles. The summed E-state index contributed by atoms with van der Waals surface area (Å²) in [5, 5.41) is 8.16. The zero-order valence-corrected chi connectivity index (χ0v) is 16.1. The van der Waals surface area contributed by atoms with Gasteiger partial charge in [-0.15, -0.1) is 0 Å². The second-order valence-electron chi connectivity index (χ2n) is 6.18. The average Bonchev–Trinajstić information content (AvgIpc) is 2.96. The summed E-state index contributed by atoms with van der Waals surface area (Å²) in [6.45, 7) is 4.54. The smallest absolute Gasteiger partial charge is 0.244 e. The minimum absolute atomic E-state index is 0.127. The second-order valence-corrected chi connectivity index (χ2v) is 6.61. The first-order valence-corrected chi connectivity index (χ1v) is 9.10. The molecule has 27 heavy (non-hydrogen) atoms. The lowest BCUT2D eigenvalue weighted by atomic mass is 10.1. The van der Waals surface area contributed by atoms with E-state index in [4.69, 9.17) is 11.6 Å².